The van der Waals surface area contributed by atoms with Gasteiger partial charge in [0.1, 0.15) is 17.1 Å². The topological polar surface area (TPSA) is 46.5 Å². The minimum absolute atomic E-state index is 0.0222. The largest absolute Gasteiger partial charge is 0.478 e. The minimum Gasteiger partial charge on any atom is -0.478 e. The van der Waals surface area contributed by atoms with Crippen molar-refractivity contribution in [2.45, 2.75) is 13.3 Å². The number of carboxylic acid groups (broad SMARTS) is 1. The summed E-state index contributed by atoms with van der Waals surface area (Å²) in [6, 6.07) is 12.3. The fourth-order valence-electron chi connectivity index (χ4n) is 1.75. The number of aromatic carboxylic acids is 1. The number of halogens is 1. The third kappa shape index (κ3) is 3.06. The zero-order valence-electron chi connectivity index (χ0n) is 10.4. The van der Waals surface area contributed by atoms with Crippen molar-refractivity contribution in [1.82, 2.24) is 0 Å². The Hall–Kier alpha value is -2.00. The molecule has 0 spiro atoms. The van der Waals surface area contributed by atoms with Crippen LogP contribution in [0.25, 0.3) is 0 Å². The first kappa shape index (κ1) is 13.4. The Labute approximate surface area is 116 Å². The molecule has 3 nitrogen and oxygen atoms in total. The maximum absolute atomic E-state index is 11.2. The SMILES string of the molecule is CCc1cccc(Oc2cccc(Cl)c2C(=O)O)c1. The molecule has 19 heavy (non-hydrogen) atoms. The van der Waals surface area contributed by atoms with Gasteiger partial charge in [0.15, 0.2) is 0 Å². The number of benzene rings is 2. The fraction of sp³-hybridized carbons (Fsp3) is 0.133. The van der Waals surface area contributed by atoms with Gasteiger partial charge in [-0.2, -0.15) is 0 Å². The summed E-state index contributed by atoms with van der Waals surface area (Å²) in [5.74, 6) is -0.260. The highest BCUT2D eigenvalue weighted by molar-refractivity contribution is 6.33. The normalized spacial score (nSPS) is 10.2. The van der Waals surface area contributed by atoms with E-state index in [4.69, 9.17) is 21.4 Å². The predicted octanol–water partition coefficient (Wildman–Crippen LogP) is 4.39. The Morgan fingerprint density at radius 1 is 1.26 bits per heavy atom. The lowest BCUT2D eigenvalue weighted by Gasteiger charge is -2.10. The molecule has 0 aromatic heterocycles. The molecule has 0 heterocycles. The fourth-order valence-corrected chi connectivity index (χ4v) is 2.00. The molecule has 2 aromatic carbocycles. The van der Waals surface area contributed by atoms with Gasteiger partial charge in [0, 0.05) is 0 Å². The van der Waals surface area contributed by atoms with Crippen LogP contribution in [0.4, 0.5) is 0 Å². The second-order valence-corrected chi connectivity index (χ2v) is 4.43. The molecule has 0 fully saturated rings. The first-order valence-electron chi connectivity index (χ1n) is 5.90. The monoisotopic (exact) mass is 276 g/mol. The van der Waals surface area contributed by atoms with Crippen LogP contribution in [-0.2, 0) is 6.42 Å². The van der Waals surface area contributed by atoms with Crippen LogP contribution in [0.2, 0.25) is 5.02 Å². The molecule has 1 N–H and O–H groups in total. The smallest absolute Gasteiger partial charge is 0.341 e. The number of aryl methyl sites for hydroxylation is 1. The number of hydrogen-bond acceptors (Lipinski definition) is 2. The molecule has 0 radical (unpaired) electrons. The molecule has 0 unspecified atom stereocenters. The molecule has 0 saturated heterocycles. The van der Waals surface area contributed by atoms with E-state index in [0.29, 0.717) is 5.75 Å². The van der Waals surface area contributed by atoms with Crippen molar-refractivity contribution < 1.29 is 14.6 Å². The second-order valence-electron chi connectivity index (χ2n) is 4.02. The predicted molar refractivity (Wildman–Crippen MR) is 74.3 cm³/mol. The molecule has 2 aromatic rings. The van der Waals surface area contributed by atoms with Crippen molar-refractivity contribution >= 4 is 17.6 Å². The van der Waals surface area contributed by atoms with Gasteiger partial charge in [-0.15, -0.1) is 0 Å². The van der Waals surface area contributed by atoms with Crippen LogP contribution >= 0.6 is 11.6 Å². The van der Waals surface area contributed by atoms with E-state index in [-0.39, 0.29) is 16.3 Å². The van der Waals surface area contributed by atoms with Crippen LogP contribution in [-0.4, -0.2) is 11.1 Å². The van der Waals surface area contributed by atoms with Gasteiger partial charge in [-0.25, -0.2) is 4.79 Å². The Morgan fingerprint density at radius 3 is 2.68 bits per heavy atom. The standard InChI is InChI=1S/C15H13ClO3/c1-2-10-5-3-6-11(9-10)19-13-8-4-7-12(16)14(13)15(17)18/h3-9H,2H2,1H3,(H,17,18). The van der Waals surface area contributed by atoms with Crippen LogP contribution in [0.15, 0.2) is 42.5 Å². The second kappa shape index (κ2) is 5.76. The van der Waals surface area contributed by atoms with Crippen LogP contribution in [0.5, 0.6) is 11.5 Å². The summed E-state index contributed by atoms with van der Waals surface area (Å²) >= 11 is 5.89. The van der Waals surface area contributed by atoms with Crippen molar-refractivity contribution in [3.05, 3.63) is 58.6 Å². The maximum Gasteiger partial charge on any atom is 0.341 e. The first-order valence-corrected chi connectivity index (χ1v) is 6.28. The van der Waals surface area contributed by atoms with E-state index in [2.05, 4.69) is 0 Å². The van der Waals surface area contributed by atoms with Crippen molar-refractivity contribution in [3.63, 3.8) is 0 Å². The van der Waals surface area contributed by atoms with E-state index in [9.17, 15) is 4.79 Å². The summed E-state index contributed by atoms with van der Waals surface area (Å²) in [6.45, 7) is 2.04. The summed E-state index contributed by atoms with van der Waals surface area (Å²) in [6.07, 6.45) is 0.887. The van der Waals surface area contributed by atoms with E-state index < -0.39 is 5.97 Å². The van der Waals surface area contributed by atoms with Gasteiger partial charge < -0.3 is 9.84 Å². The number of carboxylic acids is 1. The van der Waals surface area contributed by atoms with E-state index in [0.717, 1.165) is 12.0 Å². The Kier molecular flexibility index (Phi) is 4.07. The molecule has 98 valence electrons. The summed E-state index contributed by atoms with van der Waals surface area (Å²) in [7, 11) is 0. The molecule has 4 heteroatoms. The Bertz CT molecular complexity index is 608. The third-order valence-corrected chi connectivity index (χ3v) is 3.04. The first-order chi connectivity index (χ1) is 9.11. The maximum atomic E-state index is 11.2. The van der Waals surface area contributed by atoms with Crippen molar-refractivity contribution in [2.75, 3.05) is 0 Å². The quantitative estimate of drug-likeness (QED) is 0.901. The van der Waals surface area contributed by atoms with Gasteiger partial charge in [0.2, 0.25) is 0 Å². The van der Waals surface area contributed by atoms with Gasteiger partial charge in [-0.1, -0.05) is 36.7 Å². The molecule has 0 aliphatic carbocycles. The van der Waals surface area contributed by atoms with Crippen molar-refractivity contribution in [3.8, 4) is 11.5 Å². The molecule has 0 saturated carbocycles. The van der Waals surface area contributed by atoms with E-state index in [1.54, 1.807) is 18.2 Å². The summed E-state index contributed by atoms with van der Waals surface area (Å²) in [4.78, 5) is 11.2. The van der Waals surface area contributed by atoms with Gasteiger partial charge in [-0.05, 0) is 36.2 Å². The third-order valence-electron chi connectivity index (χ3n) is 2.72. The van der Waals surface area contributed by atoms with E-state index >= 15 is 0 Å². The number of ether oxygens (including phenoxy) is 1. The van der Waals surface area contributed by atoms with Gasteiger partial charge >= 0.3 is 5.97 Å². The average Bonchev–Trinajstić information content (AvgIpc) is 2.38. The summed E-state index contributed by atoms with van der Waals surface area (Å²) in [5.41, 5.74) is 1.10. The molecule has 0 aliphatic heterocycles. The molecule has 0 amide bonds. The van der Waals surface area contributed by atoms with E-state index in [1.165, 1.54) is 6.07 Å². The Balaban J connectivity index is 2.38. The summed E-state index contributed by atoms with van der Waals surface area (Å²) < 4.78 is 5.63. The number of carbonyl (C=O) groups is 1. The molecular formula is C15H13ClO3. The van der Waals surface area contributed by atoms with Gasteiger partial charge in [0.05, 0.1) is 5.02 Å². The Morgan fingerprint density at radius 2 is 2.00 bits per heavy atom. The van der Waals surface area contributed by atoms with Crippen LogP contribution in [0.1, 0.15) is 22.8 Å². The van der Waals surface area contributed by atoms with Crippen molar-refractivity contribution in [1.29, 1.82) is 0 Å². The highest BCUT2D eigenvalue weighted by Gasteiger charge is 2.16. The molecule has 2 rings (SSSR count). The number of hydrogen-bond donors (Lipinski definition) is 1. The van der Waals surface area contributed by atoms with Crippen LogP contribution < -0.4 is 4.74 Å². The van der Waals surface area contributed by atoms with Crippen LogP contribution in [0, 0.1) is 0 Å². The zero-order valence-corrected chi connectivity index (χ0v) is 11.1. The van der Waals surface area contributed by atoms with Gasteiger partial charge in [0.25, 0.3) is 0 Å². The van der Waals surface area contributed by atoms with Gasteiger partial charge in [-0.3, -0.25) is 0 Å². The van der Waals surface area contributed by atoms with E-state index in [1.807, 2.05) is 25.1 Å². The molecule has 0 bridgehead atoms. The molecule has 0 aliphatic rings. The highest BCUT2D eigenvalue weighted by Crippen LogP contribution is 2.30. The lowest BCUT2D eigenvalue weighted by molar-refractivity contribution is 0.0694. The lowest BCUT2D eigenvalue weighted by atomic mass is 10.1. The molecular weight excluding hydrogens is 264 g/mol. The van der Waals surface area contributed by atoms with Crippen LogP contribution in [0.3, 0.4) is 0 Å². The zero-order chi connectivity index (χ0) is 13.8. The van der Waals surface area contributed by atoms with Crippen molar-refractivity contribution in [2.24, 2.45) is 0 Å². The number of rotatable bonds is 4. The lowest BCUT2D eigenvalue weighted by Crippen LogP contribution is -2.01. The molecule has 0 atom stereocenters. The average molecular weight is 277 g/mol. The summed E-state index contributed by atoms with van der Waals surface area (Å²) in [5, 5.41) is 9.32. The highest BCUT2D eigenvalue weighted by atomic mass is 35.5. The minimum atomic E-state index is -1.10.